The fourth-order valence-electron chi connectivity index (χ4n) is 3.15. The highest BCUT2D eigenvalue weighted by molar-refractivity contribution is 7.99. The Kier molecular flexibility index (Phi) is 8.81. The second-order valence-corrected chi connectivity index (χ2v) is 8.59. The molecule has 0 spiro atoms. The van der Waals surface area contributed by atoms with Crippen LogP contribution in [0.1, 0.15) is 59.7 Å². The van der Waals surface area contributed by atoms with Crippen LogP contribution >= 0.6 is 11.8 Å². The highest BCUT2D eigenvalue weighted by Gasteiger charge is 2.24. The van der Waals surface area contributed by atoms with Gasteiger partial charge in [0.2, 0.25) is 5.78 Å². The van der Waals surface area contributed by atoms with Crippen molar-refractivity contribution in [2.75, 3.05) is 0 Å². The third-order valence-corrected chi connectivity index (χ3v) is 5.98. The number of unbranched alkanes of at least 4 members (excludes halogenated alkanes) is 3. The molecule has 0 saturated heterocycles. The Morgan fingerprint density at radius 1 is 0.844 bits per heavy atom. The van der Waals surface area contributed by atoms with Crippen molar-refractivity contribution >= 4 is 29.2 Å². The number of hydrogen-bond acceptors (Lipinski definition) is 5. The number of rotatable bonds is 9. The molecule has 1 heterocycles. The Hall–Kier alpha value is -3.18. The van der Waals surface area contributed by atoms with Crippen LogP contribution in [0, 0.1) is 5.41 Å². The van der Waals surface area contributed by atoms with Crippen LogP contribution in [0.2, 0.25) is 0 Å². The lowest BCUT2D eigenvalue weighted by Crippen LogP contribution is -2.19. The first-order valence-electron chi connectivity index (χ1n) is 10.8. The summed E-state index contributed by atoms with van der Waals surface area (Å²) < 4.78 is 4.65. The van der Waals surface area contributed by atoms with E-state index in [-0.39, 0.29) is 17.5 Å². The molecule has 5 heteroatoms. The monoisotopic (exact) mass is 445 g/mol. The molecule has 32 heavy (non-hydrogen) atoms. The number of benzene rings is 3. The van der Waals surface area contributed by atoms with Crippen molar-refractivity contribution in [2.24, 2.45) is 0 Å². The van der Waals surface area contributed by atoms with E-state index in [1.165, 1.54) is 17.7 Å². The summed E-state index contributed by atoms with van der Waals surface area (Å²) in [7, 11) is 0. The van der Waals surface area contributed by atoms with Crippen LogP contribution in [-0.4, -0.2) is 17.5 Å². The topological polar surface area (TPSA) is 67.2 Å². The summed E-state index contributed by atoms with van der Waals surface area (Å²) in [5.74, 6) is 0.339. The summed E-state index contributed by atoms with van der Waals surface area (Å²) in [6, 6.07) is 24.9. The van der Waals surface area contributed by atoms with Crippen LogP contribution in [0.5, 0.6) is 5.75 Å². The molecule has 164 valence electrons. The molecule has 4 nitrogen and oxygen atoms in total. The standard InChI is InChI=1S/C20H23NOS.C7H4O2/c1-2-3-4-8-11-19(21)20(22)16-12-14-18(15-13-16)23-17-9-6-5-7-10-17;8-7-5-3-1-2-4-6(5)9-7/h5-7,9-10,12-15,21H,2-4,8,11H2,1H3;1-4H. The van der Waals surface area contributed by atoms with Gasteiger partial charge in [0, 0.05) is 15.4 Å². The molecule has 0 fully saturated rings. The average molecular weight is 446 g/mol. The van der Waals surface area contributed by atoms with Gasteiger partial charge in [0.05, 0.1) is 5.71 Å². The maximum atomic E-state index is 12.2. The molecule has 4 rings (SSSR count). The number of esters is 1. The molecule has 0 bridgehead atoms. The van der Waals surface area contributed by atoms with Gasteiger partial charge in [-0.15, -0.1) is 0 Å². The van der Waals surface area contributed by atoms with Crippen molar-refractivity contribution in [1.29, 1.82) is 5.41 Å². The SMILES string of the molecule is CCCCCCC(=N)C(=O)c1ccc(Sc2ccccc2)cc1.O=C1Oc2ccccc21. The van der Waals surface area contributed by atoms with E-state index in [1.54, 1.807) is 23.9 Å². The van der Waals surface area contributed by atoms with Crippen LogP contribution in [0.3, 0.4) is 0 Å². The molecule has 0 aliphatic carbocycles. The maximum Gasteiger partial charge on any atom is 0.347 e. The highest BCUT2D eigenvalue weighted by atomic mass is 32.2. The van der Waals surface area contributed by atoms with Gasteiger partial charge < -0.3 is 10.1 Å². The first-order chi connectivity index (χ1) is 15.6. The quantitative estimate of drug-likeness (QED) is 0.163. The molecule has 0 atom stereocenters. The van der Waals surface area contributed by atoms with Crippen LogP contribution < -0.4 is 4.74 Å². The molecule has 0 saturated carbocycles. The number of nitrogens with one attached hydrogen (secondary N) is 1. The summed E-state index contributed by atoms with van der Waals surface area (Å²) in [4.78, 5) is 25.0. The minimum Gasteiger partial charge on any atom is -0.422 e. The zero-order chi connectivity index (χ0) is 22.8. The Morgan fingerprint density at radius 2 is 1.50 bits per heavy atom. The zero-order valence-electron chi connectivity index (χ0n) is 18.2. The first-order valence-corrected chi connectivity index (χ1v) is 11.7. The van der Waals surface area contributed by atoms with Crippen molar-refractivity contribution < 1.29 is 14.3 Å². The minimum absolute atomic E-state index is 0.141. The molecule has 1 aliphatic rings. The Balaban J connectivity index is 0.000000264. The molecule has 0 unspecified atom stereocenters. The number of para-hydroxylation sites is 1. The molecule has 0 amide bonds. The molecule has 0 aromatic heterocycles. The highest BCUT2D eigenvalue weighted by Crippen LogP contribution is 2.28. The van der Waals surface area contributed by atoms with Crippen molar-refractivity contribution in [3.63, 3.8) is 0 Å². The minimum atomic E-state index is -0.217. The number of carbonyl (C=O) groups is 2. The number of ketones is 1. The molecule has 1 N–H and O–H groups in total. The number of carbonyl (C=O) groups excluding carboxylic acids is 2. The van der Waals surface area contributed by atoms with Crippen LogP contribution in [0.15, 0.2) is 88.7 Å². The largest absolute Gasteiger partial charge is 0.422 e. The van der Waals surface area contributed by atoms with E-state index in [0.29, 0.717) is 23.3 Å². The lowest BCUT2D eigenvalue weighted by molar-refractivity contribution is 0.0658. The Morgan fingerprint density at radius 3 is 2.12 bits per heavy atom. The van der Waals surface area contributed by atoms with Gasteiger partial charge in [-0.25, -0.2) is 4.79 Å². The van der Waals surface area contributed by atoms with E-state index >= 15 is 0 Å². The summed E-state index contributed by atoms with van der Waals surface area (Å²) in [6.07, 6.45) is 4.95. The summed E-state index contributed by atoms with van der Waals surface area (Å²) >= 11 is 1.67. The van der Waals surface area contributed by atoms with Gasteiger partial charge in [0.1, 0.15) is 11.3 Å². The van der Waals surface area contributed by atoms with E-state index in [2.05, 4.69) is 23.8 Å². The molecule has 0 radical (unpaired) electrons. The Bertz CT molecular complexity index is 1060. The van der Waals surface area contributed by atoms with Gasteiger partial charge in [-0.3, -0.25) is 4.79 Å². The molecular weight excluding hydrogens is 418 g/mol. The van der Waals surface area contributed by atoms with Gasteiger partial charge >= 0.3 is 5.97 Å². The van der Waals surface area contributed by atoms with E-state index < -0.39 is 0 Å². The molecule has 3 aromatic rings. The third kappa shape index (κ3) is 6.66. The van der Waals surface area contributed by atoms with Crippen molar-refractivity contribution in [3.8, 4) is 5.75 Å². The van der Waals surface area contributed by atoms with Gasteiger partial charge in [-0.05, 0) is 61.4 Å². The average Bonchev–Trinajstić information content (AvgIpc) is 2.82. The van der Waals surface area contributed by atoms with Crippen molar-refractivity contribution in [2.45, 2.75) is 48.8 Å². The second-order valence-electron chi connectivity index (χ2n) is 7.44. The zero-order valence-corrected chi connectivity index (χ0v) is 19.0. The Labute approximate surface area is 193 Å². The fourth-order valence-corrected chi connectivity index (χ4v) is 3.99. The van der Waals surface area contributed by atoms with Gasteiger partial charge in [0.25, 0.3) is 0 Å². The van der Waals surface area contributed by atoms with Crippen LogP contribution in [0.25, 0.3) is 0 Å². The molecule has 3 aromatic carbocycles. The van der Waals surface area contributed by atoms with Crippen LogP contribution in [0.4, 0.5) is 0 Å². The predicted octanol–water partition coefficient (Wildman–Crippen LogP) is 7.23. The van der Waals surface area contributed by atoms with Crippen molar-refractivity contribution in [1.82, 2.24) is 0 Å². The number of fused-ring (bicyclic) bond motifs is 1. The van der Waals surface area contributed by atoms with Gasteiger partial charge in [-0.1, -0.05) is 68.3 Å². The van der Waals surface area contributed by atoms with Crippen molar-refractivity contribution in [3.05, 3.63) is 90.0 Å². The van der Waals surface area contributed by atoms with Crippen LogP contribution in [-0.2, 0) is 0 Å². The summed E-state index contributed by atoms with van der Waals surface area (Å²) in [5, 5.41) is 7.95. The lowest BCUT2D eigenvalue weighted by Gasteiger charge is -2.15. The number of ether oxygens (including phenoxy) is 1. The van der Waals surface area contributed by atoms with Gasteiger partial charge in [0.15, 0.2) is 0 Å². The lowest BCUT2D eigenvalue weighted by atomic mass is 10.0. The third-order valence-electron chi connectivity index (χ3n) is 4.96. The smallest absolute Gasteiger partial charge is 0.347 e. The van der Waals surface area contributed by atoms with E-state index in [0.717, 1.165) is 17.7 Å². The number of hydrogen-bond donors (Lipinski definition) is 1. The normalized spacial score (nSPS) is 11.3. The predicted molar refractivity (Wildman–Crippen MR) is 129 cm³/mol. The van der Waals surface area contributed by atoms with E-state index in [1.807, 2.05) is 54.6 Å². The summed E-state index contributed by atoms with van der Waals surface area (Å²) in [6.45, 7) is 2.16. The maximum absolute atomic E-state index is 12.2. The molecular formula is C27H27NO3S. The molecule has 1 aliphatic heterocycles. The first kappa shape index (κ1) is 23.5. The number of Topliss-reactive ketones (excluding diaryl/α,β-unsaturated/α-hetero) is 1. The van der Waals surface area contributed by atoms with Gasteiger partial charge in [-0.2, -0.15) is 0 Å². The summed E-state index contributed by atoms with van der Waals surface area (Å²) in [5.41, 5.74) is 1.53. The van der Waals surface area contributed by atoms with E-state index in [4.69, 9.17) is 5.41 Å². The fraction of sp³-hybridized carbons (Fsp3) is 0.222. The van der Waals surface area contributed by atoms with E-state index in [9.17, 15) is 9.59 Å². The second kappa shape index (κ2) is 12.0.